The number of nitrogens with zero attached hydrogens (tertiary/aromatic N) is 1. The fourth-order valence-corrected chi connectivity index (χ4v) is 1.77. The van der Waals surface area contributed by atoms with Gasteiger partial charge < -0.3 is 9.64 Å². The fourth-order valence-electron chi connectivity index (χ4n) is 1.77. The molecule has 1 aromatic carbocycles. The molecule has 0 spiro atoms. The molecule has 2 nitrogen and oxygen atoms in total. The van der Waals surface area contributed by atoms with Crippen molar-refractivity contribution in [2.75, 3.05) is 19.1 Å². The van der Waals surface area contributed by atoms with E-state index in [1.165, 1.54) is 11.3 Å². The van der Waals surface area contributed by atoms with Gasteiger partial charge in [0.05, 0.1) is 0 Å². The van der Waals surface area contributed by atoms with Crippen molar-refractivity contribution in [2.24, 2.45) is 0 Å². The van der Waals surface area contributed by atoms with Gasteiger partial charge in [-0.2, -0.15) is 0 Å². The molecule has 0 amide bonds. The molecule has 0 bridgehead atoms. The summed E-state index contributed by atoms with van der Waals surface area (Å²) in [6.45, 7) is 8.75. The Morgan fingerprint density at radius 1 is 1.19 bits per heavy atom. The minimum absolute atomic E-state index is 0.0866. The normalized spacial score (nSPS) is 13.6. The number of methoxy groups -OCH3 is 1. The van der Waals surface area contributed by atoms with Gasteiger partial charge in [-0.1, -0.05) is 39.0 Å². The molecule has 1 rings (SSSR count). The average Bonchev–Trinajstić information content (AvgIpc) is 2.26. The van der Waals surface area contributed by atoms with E-state index in [4.69, 9.17) is 4.74 Å². The van der Waals surface area contributed by atoms with Crippen molar-refractivity contribution in [2.45, 2.75) is 39.3 Å². The maximum atomic E-state index is 5.36. The van der Waals surface area contributed by atoms with Gasteiger partial charge in [0.15, 0.2) is 0 Å². The van der Waals surface area contributed by atoms with Crippen LogP contribution >= 0.6 is 0 Å². The van der Waals surface area contributed by atoms with Crippen LogP contribution in [0.3, 0.4) is 0 Å². The van der Waals surface area contributed by atoms with Gasteiger partial charge in [0, 0.05) is 19.8 Å². The zero-order chi connectivity index (χ0) is 12.3. The van der Waals surface area contributed by atoms with Crippen molar-refractivity contribution in [1.29, 1.82) is 0 Å². The van der Waals surface area contributed by atoms with Gasteiger partial charge in [-0.15, -0.1) is 0 Å². The Balaban J connectivity index is 3.13. The molecule has 1 unspecified atom stereocenters. The van der Waals surface area contributed by atoms with E-state index >= 15 is 0 Å². The van der Waals surface area contributed by atoms with E-state index < -0.39 is 0 Å². The number of ether oxygens (including phenoxy) is 1. The second-order valence-corrected chi connectivity index (χ2v) is 5.21. The first-order valence-corrected chi connectivity index (χ1v) is 5.73. The topological polar surface area (TPSA) is 12.5 Å². The van der Waals surface area contributed by atoms with E-state index in [1.54, 1.807) is 7.11 Å². The van der Waals surface area contributed by atoms with Crippen molar-refractivity contribution >= 4 is 5.69 Å². The third-order valence-corrected chi connectivity index (χ3v) is 2.98. The number of benzene rings is 1. The SMILES string of the molecule is COC(C)N(C)c1ccccc1C(C)(C)C. The predicted octanol–water partition coefficient (Wildman–Crippen LogP) is 3.41. The molecule has 1 atom stereocenters. The van der Waals surface area contributed by atoms with Crippen LogP contribution in [0.15, 0.2) is 24.3 Å². The quantitative estimate of drug-likeness (QED) is 0.725. The third-order valence-electron chi connectivity index (χ3n) is 2.98. The van der Waals surface area contributed by atoms with Gasteiger partial charge in [-0.05, 0) is 24.0 Å². The van der Waals surface area contributed by atoms with E-state index in [0.717, 1.165) is 0 Å². The molecule has 0 saturated heterocycles. The summed E-state index contributed by atoms with van der Waals surface area (Å²) in [7, 11) is 3.81. The van der Waals surface area contributed by atoms with Crippen LogP contribution in [0, 0.1) is 0 Å². The lowest BCUT2D eigenvalue weighted by Gasteiger charge is -2.31. The maximum absolute atomic E-state index is 5.36. The first-order chi connectivity index (χ1) is 7.38. The van der Waals surface area contributed by atoms with Crippen molar-refractivity contribution in [1.82, 2.24) is 0 Å². The zero-order valence-electron chi connectivity index (χ0n) is 11.2. The van der Waals surface area contributed by atoms with Gasteiger partial charge in [0.1, 0.15) is 6.23 Å². The lowest BCUT2D eigenvalue weighted by atomic mass is 9.85. The predicted molar refractivity (Wildman–Crippen MR) is 70.0 cm³/mol. The molecule has 0 fully saturated rings. The average molecular weight is 221 g/mol. The summed E-state index contributed by atoms with van der Waals surface area (Å²) in [5, 5.41) is 0. The molecule has 1 aromatic rings. The molecule has 0 radical (unpaired) electrons. The highest BCUT2D eigenvalue weighted by Crippen LogP contribution is 2.31. The van der Waals surface area contributed by atoms with E-state index in [1.807, 2.05) is 0 Å². The van der Waals surface area contributed by atoms with E-state index in [9.17, 15) is 0 Å². The first kappa shape index (κ1) is 13.0. The van der Waals surface area contributed by atoms with Crippen LogP contribution in [-0.4, -0.2) is 20.4 Å². The van der Waals surface area contributed by atoms with Crippen LogP contribution in [0.5, 0.6) is 0 Å². The van der Waals surface area contributed by atoms with Crippen LogP contribution in [0.4, 0.5) is 5.69 Å². The minimum Gasteiger partial charge on any atom is -0.362 e. The highest BCUT2D eigenvalue weighted by Gasteiger charge is 2.21. The second kappa shape index (κ2) is 4.88. The first-order valence-electron chi connectivity index (χ1n) is 5.73. The minimum atomic E-state index is 0.0866. The summed E-state index contributed by atoms with van der Waals surface area (Å²) < 4.78 is 5.36. The molecule has 0 aromatic heterocycles. The Morgan fingerprint density at radius 2 is 1.75 bits per heavy atom. The van der Waals surface area contributed by atoms with Crippen molar-refractivity contribution in [3.63, 3.8) is 0 Å². The molecule has 0 heterocycles. The number of hydrogen-bond donors (Lipinski definition) is 0. The maximum Gasteiger partial charge on any atom is 0.126 e. The van der Waals surface area contributed by atoms with Crippen LogP contribution < -0.4 is 4.90 Å². The van der Waals surface area contributed by atoms with Crippen LogP contribution in [0.25, 0.3) is 0 Å². The molecule has 0 N–H and O–H groups in total. The Bertz CT molecular complexity index is 341. The van der Waals surface area contributed by atoms with Crippen LogP contribution in [0.1, 0.15) is 33.3 Å². The molecule has 0 saturated carbocycles. The molecule has 0 aliphatic heterocycles. The van der Waals surface area contributed by atoms with E-state index in [2.05, 4.69) is 63.9 Å². The Hall–Kier alpha value is -1.02. The van der Waals surface area contributed by atoms with Crippen molar-refractivity contribution in [3.8, 4) is 0 Å². The number of hydrogen-bond acceptors (Lipinski definition) is 2. The van der Waals surface area contributed by atoms with Gasteiger partial charge in [-0.3, -0.25) is 0 Å². The van der Waals surface area contributed by atoms with Crippen LogP contribution in [0.2, 0.25) is 0 Å². The Labute approximate surface area is 99.2 Å². The largest absolute Gasteiger partial charge is 0.362 e. The molecule has 90 valence electrons. The molecule has 16 heavy (non-hydrogen) atoms. The summed E-state index contributed by atoms with van der Waals surface area (Å²) in [6, 6.07) is 8.50. The van der Waals surface area contributed by atoms with E-state index in [0.29, 0.717) is 0 Å². The monoisotopic (exact) mass is 221 g/mol. The summed E-state index contributed by atoms with van der Waals surface area (Å²) >= 11 is 0. The smallest absolute Gasteiger partial charge is 0.126 e. The van der Waals surface area contributed by atoms with Gasteiger partial charge in [0.25, 0.3) is 0 Å². The summed E-state index contributed by atoms with van der Waals surface area (Å²) in [5.74, 6) is 0. The number of para-hydroxylation sites is 1. The lowest BCUT2D eigenvalue weighted by Crippen LogP contribution is -2.32. The van der Waals surface area contributed by atoms with Crippen LogP contribution in [-0.2, 0) is 10.2 Å². The number of anilines is 1. The summed E-state index contributed by atoms with van der Waals surface area (Å²) in [4.78, 5) is 2.17. The van der Waals surface area contributed by atoms with Gasteiger partial charge in [-0.25, -0.2) is 0 Å². The summed E-state index contributed by atoms with van der Waals surface area (Å²) in [5.41, 5.74) is 2.74. The molecular formula is C14H23NO. The molecule has 0 aliphatic carbocycles. The second-order valence-electron chi connectivity index (χ2n) is 5.21. The van der Waals surface area contributed by atoms with Gasteiger partial charge >= 0.3 is 0 Å². The highest BCUT2D eigenvalue weighted by molar-refractivity contribution is 5.56. The Kier molecular flexibility index (Phi) is 3.98. The van der Waals surface area contributed by atoms with Gasteiger partial charge in [0.2, 0.25) is 0 Å². The summed E-state index contributed by atoms with van der Waals surface area (Å²) in [6.07, 6.45) is 0.0866. The standard InChI is InChI=1S/C14H23NO/c1-11(16-6)15(5)13-10-8-7-9-12(13)14(2,3)4/h7-11H,1-6H3. The molecule has 2 heteroatoms. The zero-order valence-corrected chi connectivity index (χ0v) is 11.2. The van der Waals surface area contributed by atoms with Crippen molar-refractivity contribution < 1.29 is 4.74 Å². The third kappa shape index (κ3) is 2.76. The fraction of sp³-hybridized carbons (Fsp3) is 0.571. The lowest BCUT2D eigenvalue weighted by molar-refractivity contribution is 0.119. The molecular weight excluding hydrogens is 198 g/mol. The number of rotatable bonds is 3. The molecule has 0 aliphatic rings. The Morgan fingerprint density at radius 3 is 2.25 bits per heavy atom. The van der Waals surface area contributed by atoms with E-state index in [-0.39, 0.29) is 11.6 Å². The van der Waals surface area contributed by atoms with Crippen molar-refractivity contribution in [3.05, 3.63) is 29.8 Å². The highest BCUT2D eigenvalue weighted by atomic mass is 16.5.